The first-order valence-electron chi connectivity index (χ1n) is 9.95. The first-order chi connectivity index (χ1) is 16.5. The highest BCUT2D eigenvalue weighted by Gasteiger charge is 2.32. The second kappa shape index (κ2) is 10.9. The number of nitrogens with zero attached hydrogens (tertiary/aromatic N) is 1. The molecule has 3 aromatic carbocycles. The van der Waals surface area contributed by atoms with Crippen LogP contribution in [0.3, 0.4) is 0 Å². The Morgan fingerprint density at radius 2 is 1.63 bits per heavy atom. The van der Waals surface area contributed by atoms with Gasteiger partial charge in [-0.3, -0.25) is 9.10 Å². The predicted octanol–water partition coefficient (Wildman–Crippen LogP) is 4.43. The molecule has 0 aliphatic rings. The van der Waals surface area contributed by atoms with Gasteiger partial charge < -0.3 is 20.3 Å². The van der Waals surface area contributed by atoms with Crippen molar-refractivity contribution in [2.75, 3.05) is 25.1 Å². The fraction of sp³-hybridized carbons (Fsp3) is 0.174. The highest BCUT2D eigenvalue weighted by molar-refractivity contribution is 7.92. The van der Waals surface area contributed by atoms with E-state index < -0.39 is 28.6 Å². The van der Waals surface area contributed by atoms with Crippen LogP contribution < -0.4 is 19.5 Å². The molecule has 0 saturated carbocycles. The summed E-state index contributed by atoms with van der Waals surface area (Å²) in [4.78, 5) is 11.7. The molecule has 3 rings (SSSR count). The van der Waals surface area contributed by atoms with Gasteiger partial charge in [-0.15, -0.1) is 0 Å². The number of sulfonamides is 1. The quantitative estimate of drug-likeness (QED) is 0.400. The molecule has 0 fully saturated rings. The Bertz CT molecular complexity index is 1350. The van der Waals surface area contributed by atoms with Gasteiger partial charge in [-0.2, -0.15) is 0 Å². The van der Waals surface area contributed by atoms with Crippen molar-refractivity contribution in [3.8, 4) is 11.5 Å². The largest absolute Gasteiger partial charge is 0.493 e. The van der Waals surface area contributed by atoms with Crippen molar-refractivity contribution in [3.63, 3.8) is 0 Å². The third-order valence-electron chi connectivity index (χ3n) is 5.07. The molecule has 8 nitrogen and oxygen atoms in total. The average Bonchev–Trinajstić information content (AvgIpc) is 2.81. The van der Waals surface area contributed by atoms with Crippen LogP contribution in [0.15, 0.2) is 59.5 Å². The molecule has 0 heterocycles. The first-order valence-corrected chi connectivity index (χ1v) is 12.5. The Kier molecular flexibility index (Phi) is 8.40. The topological polar surface area (TPSA) is 119 Å². The minimum Gasteiger partial charge on any atom is -0.493 e. The lowest BCUT2D eigenvalue weighted by molar-refractivity contribution is -0.116. The summed E-state index contributed by atoms with van der Waals surface area (Å²) in [6.07, 6.45) is -1.49. The average molecular weight is 560 g/mol. The number of aliphatic hydroxyl groups is 1. The van der Waals surface area contributed by atoms with E-state index in [1.807, 2.05) is 0 Å². The van der Waals surface area contributed by atoms with Crippen LogP contribution in [-0.2, 0) is 14.8 Å². The first kappa shape index (κ1) is 26.9. The zero-order valence-corrected chi connectivity index (χ0v) is 21.6. The number of ether oxygens (including phenoxy) is 2. The smallest absolute Gasteiger partial charge is 0.264 e. The third kappa shape index (κ3) is 5.60. The van der Waals surface area contributed by atoms with Crippen LogP contribution in [0.4, 0.5) is 5.69 Å². The second-order valence-electron chi connectivity index (χ2n) is 7.24. The number of hydrogen-bond acceptors (Lipinski definition) is 6. The van der Waals surface area contributed by atoms with Gasteiger partial charge in [0.25, 0.3) is 10.0 Å². The number of nitrogens with two attached hydrogens (primary N) is 1. The number of aliphatic hydroxyl groups excluding tert-OH is 1. The van der Waals surface area contributed by atoms with E-state index in [0.717, 1.165) is 4.31 Å². The van der Waals surface area contributed by atoms with Gasteiger partial charge in [0.1, 0.15) is 12.6 Å². The van der Waals surface area contributed by atoms with Crippen molar-refractivity contribution in [1.82, 2.24) is 0 Å². The Hall–Kier alpha value is -2.69. The minimum atomic E-state index is -4.40. The fourth-order valence-electron chi connectivity index (χ4n) is 3.44. The molecular weight excluding hydrogens is 539 g/mol. The van der Waals surface area contributed by atoms with E-state index in [1.54, 1.807) is 6.07 Å². The normalized spacial score (nSPS) is 12.2. The van der Waals surface area contributed by atoms with E-state index in [-0.39, 0.29) is 42.5 Å². The van der Waals surface area contributed by atoms with Crippen molar-refractivity contribution < 1.29 is 27.8 Å². The van der Waals surface area contributed by atoms with Crippen LogP contribution in [0.1, 0.15) is 17.2 Å². The number of anilines is 1. The van der Waals surface area contributed by atoms with Gasteiger partial charge in [0.2, 0.25) is 5.91 Å². The van der Waals surface area contributed by atoms with Crippen molar-refractivity contribution in [2.45, 2.75) is 11.0 Å². The van der Waals surface area contributed by atoms with E-state index in [0.29, 0.717) is 5.75 Å². The monoisotopic (exact) mass is 558 g/mol. The zero-order chi connectivity index (χ0) is 25.9. The fourth-order valence-corrected chi connectivity index (χ4v) is 5.70. The van der Waals surface area contributed by atoms with Crippen molar-refractivity contribution in [3.05, 3.63) is 80.8 Å². The van der Waals surface area contributed by atoms with Crippen LogP contribution in [0.2, 0.25) is 15.1 Å². The maximum absolute atomic E-state index is 13.7. The van der Waals surface area contributed by atoms with Gasteiger partial charge in [-0.05, 0) is 42.5 Å². The zero-order valence-electron chi connectivity index (χ0n) is 18.5. The molecule has 0 aliphatic heterocycles. The lowest BCUT2D eigenvalue weighted by atomic mass is 9.99. The molecule has 0 aliphatic carbocycles. The summed E-state index contributed by atoms with van der Waals surface area (Å²) in [5.74, 6) is -0.462. The maximum Gasteiger partial charge on any atom is 0.264 e. The Labute approximate surface area is 217 Å². The molecule has 0 spiro atoms. The number of methoxy groups -OCH3 is 2. The highest BCUT2D eigenvalue weighted by atomic mass is 35.5. The predicted molar refractivity (Wildman–Crippen MR) is 135 cm³/mol. The number of primary amides is 1. The van der Waals surface area contributed by atoms with Crippen LogP contribution in [-0.4, -0.2) is 40.2 Å². The summed E-state index contributed by atoms with van der Waals surface area (Å²) < 4.78 is 38.6. The van der Waals surface area contributed by atoms with Crippen LogP contribution in [0.25, 0.3) is 0 Å². The van der Waals surface area contributed by atoms with E-state index in [4.69, 9.17) is 50.0 Å². The number of carbonyl (C=O) groups excluding carboxylic acids is 1. The highest BCUT2D eigenvalue weighted by Crippen LogP contribution is 2.41. The molecule has 1 unspecified atom stereocenters. The van der Waals surface area contributed by atoms with Crippen LogP contribution in [0, 0.1) is 0 Å². The molecule has 1 amide bonds. The number of carbonyl (C=O) groups is 1. The van der Waals surface area contributed by atoms with Crippen molar-refractivity contribution >= 4 is 56.4 Å². The van der Waals surface area contributed by atoms with Crippen molar-refractivity contribution in [2.24, 2.45) is 5.73 Å². The molecule has 35 heavy (non-hydrogen) atoms. The Morgan fingerprint density at radius 3 is 2.20 bits per heavy atom. The Morgan fingerprint density at radius 1 is 1.00 bits per heavy atom. The maximum atomic E-state index is 13.7. The minimum absolute atomic E-state index is 0.0396. The number of benzene rings is 3. The van der Waals surface area contributed by atoms with Gasteiger partial charge in [0, 0.05) is 32.3 Å². The van der Waals surface area contributed by atoms with E-state index in [2.05, 4.69) is 0 Å². The van der Waals surface area contributed by atoms with Crippen molar-refractivity contribution in [1.29, 1.82) is 0 Å². The van der Waals surface area contributed by atoms with Crippen LogP contribution in [0.5, 0.6) is 11.5 Å². The van der Waals surface area contributed by atoms with Crippen LogP contribution >= 0.6 is 34.8 Å². The molecule has 12 heteroatoms. The summed E-state index contributed by atoms with van der Waals surface area (Å²) in [7, 11) is -1.63. The second-order valence-corrected chi connectivity index (χ2v) is 10.3. The molecule has 186 valence electrons. The van der Waals surface area contributed by atoms with E-state index in [1.165, 1.54) is 62.8 Å². The summed E-state index contributed by atoms with van der Waals surface area (Å²) in [6.45, 7) is -0.728. The lowest BCUT2D eigenvalue weighted by Gasteiger charge is -2.28. The summed E-state index contributed by atoms with van der Waals surface area (Å²) in [6, 6.07) is 12.7. The van der Waals surface area contributed by atoms with Gasteiger partial charge in [-0.25, -0.2) is 8.42 Å². The van der Waals surface area contributed by atoms with E-state index >= 15 is 0 Å². The van der Waals surface area contributed by atoms with Gasteiger partial charge in [0.15, 0.2) is 11.5 Å². The SMILES string of the molecule is COc1ccc(S(=O)(=O)N(CC(N)=O)c2ccc(Cl)cc2C(O)c2c(Cl)cccc2Cl)cc1OC. The van der Waals surface area contributed by atoms with Gasteiger partial charge in [-0.1, -0.05) is 40.9 Å². The standard InChI is InChI=1S/C23H21Cl3N2O6S/c1-33-19-9-7-14(11-20(19)34-2)35(31,32)28(12-21(27)29)18-8-6-13(24)10-15(18)23(30)22-16(25)4-3-5-17(22)26/h3-11,23,30H,12H2,1-2H3,(H2,27,29). The molecule has 1 atom stereocenters. The molecule has 3 aromatic rings. The molecular formula is C23H21Cl3N2O6S. The molecule has 0 aromatic heterocycles. The Balaban J connectivity index is 2.24. The molecule has 0 radical (unpaired) electrons. The number of hydrogen-bond donors (Lipinski definition) is 2. The number of rotatable bonds is 9. The summed E-state index contributed by atoms with van der Waals surface area (Å²) in [5.41, 5.74) is 5.53. The third-order valence-corrected chi connectivity index (χ3v) is 7.72. The summed E-state index contributed by atoms with van der Waals surface area (Å²) in [5, 5.41) is 11.7. The molecule has 0 bridgehead atoms. The number of amides is 1. The van der Waals surface area contributed by atoms with Gasteiger partial charge >= 0.3 is 0 Å². The molecule has 0 saturated heterocycles. The lowest BCUT2D eigenvalue weighted by Crippen LogP contribution is -2.39. The van der Waals surface area contributed by atoms with Gasteiger partial charge in [0.05, 0.1) is 24.8 Å². The molecule has 3 N–H and O–H groups in total. The summed E-state index contributed by atoms with van der Waals surface area (Å²) >= 11 is 18.7. The van der Waals surface area contributed by atoms with E-state index in [9.17, 15) is 18.3 Å². The number of halogens is 3.